The van der Waals surface area contributed by atoms with E-state index in [2.05, 4.69) is 0 Å². The van der Waals surface area contributed by atoms with Crippen molar-refractivity contribution in [3.05, 3.63) is 24.0 Å². The number of rotatable bonds is 4. The van der Waals surface area contributed by atoms with E-state index in [0.717, 1.165) is 17.4 Å². The quantitative estimate of drug-likeness (QED) is 0.927. The number of aromatic nitrogens is 1. The minimum atomic E-state index is -4.35. The highest BCUT2D eigenvalue weighted by Gasteiger charge is 2.31. The molecule has 1 aromatic heterocycles. The third-order valence-corrected chi connectivity index (χ3v) is 3.74. The van der Waals surface area contributed by atoms with E-state index >= 15 is 0 Å². The lowest BCUT2D eigenvalue weighted by Crippen LogP contribution is -2.41. The summed E-state index contributed by atoms with van der Waals surface area (Å²) in [6.07, 6.45) is -0.705. The lowest BCUT2D eigenvalue weighted by atomic mass is 9.95. The normalized spacial score (nSPS) is 19.8. The molecule has 2 heterocycles. The number of alkyl halides is 3. The standard InChI is InChI=1S/C14H19F3N2O2/c15-14(16,17)10-19-7-2-4-12(19)13(21)18-6-1-3-11(9-18)5-8-20/h2,4,7,11,20H,1,3,5-6,8-10H2. The van der Waals surface area contributed by atoms with Gasteiger partial charge in [0, 0.05) is 25.9 Å². The van der Waals surface area contributed by atoms with Gasteiger partial charge in [-0.05, 0) is 37.3 Å². The zero-order chi connectivity index (χ0) is 15.5. The molecule has 0 saturated carbocycles. The van der Waals surface area contributed by atoms with Gasteiger partial charge >= 0.3 is 6.18 Å². The maximum Gasteiger partial charge on any atom is 0.406 e. The molecular formula is C14H19F3N2O2. The smallest absolute Gasteiger partial charge is 0.396 e. The number of carbonyl (C=O) groups is 1. The SMILES string of the molecule is O=C(c1cccn1CC(F)(F)F)N1CCCC(CCO)C1. The van der Waals surface area contributed by atoms with Crippen LogP contribution in [0.3, 0.4) is 0 Å². The second kappa shape index (κ2) is 6.51. The molecule has 1 amide bonds. The van der Waals surface area contributed by atoms with Crippen LogP contribution in [0.1, 0.15) is 29.8 Å². The fourth-order valence-electron chi connectivity index (χ4n) is 2.77. The molecule has 1 fully saturated rings. The third kappa shape index (κ3) is 4.23. The Labute approximate surface area is 121 Å². The molecule has 0 aliphatic carbocycles. The molecule has 1 unspecified atom stereocenters. The fraction of sp³-hybridized carbons (Fsp3) is 0.643. The molecule has 1 atom stereocenters. The van der Waals surface area contributed by atoms with Gasteiger partial charge in [0.2, 0.25) is 0 Å². The molecule has 1 N–H and O–H groups in total. The number of amides is 1. The van der Waals surface area contributed by atoms with Gasteiger partial charge in [0.15, 0.2) is 0 Å². The monoisotopic (exact) mass is 304 g/mol. The molecule has 118 valence electrons. The number of piperidine rings is 1. The lowest BCUT2D eigenvalue weighted by molar-refractivity contribution is -0.140. The molecule has 21 heavy (non-hydrogen) atoms. The Morgan fingerprint density at radius 3 is 2.86 bits per heavy atom. The zero-order valence-corrected chi connectivity index (χ0v) is 11.6. The predicted octanol–water partition coefficient (Wildman–Crippen LogP) is 2.29. The first-order chi connectivity index (χ1) is 9.90. The number of aliphatic hydroxyl groups is 1. The molecule has 0 aromatic carbocycles. The van der Waals surface area contributed by atoms with E-state index in [1.807, 2.05) is 0 Å². The number of carbonyl (C=O) groups excluding carboxylic acids is 1. The van der Waals surface area contributed by atoms with Crippen molar-refractivity contribution in [2.75, 3.05) is 19.7 Å². The van der Waals surface area contributed by atoms with Gasteiger partial charge in [-0.2, -0.15) is 13.2 Å². The largest absolute Gasteiger partial charge is 0.406 e. The summed E-state index contributed by atoms with van der Waals surface area (Å²) < 4.78 is 38.4. The summed E-state index contributed by atoms with van der Waals surface area (Å²) in [7, 11) is 0. The molecule has 0 radical (unpaired) electrons. The number of likely N-dealkylation sites (tertiary alicyclic amines) is 1. The van der Waals surface area contributed by atoms with Crippen LogP contribution in [-0.2, 0) is 6.54 Å². The number of halogens is 3. The van der Waals surface area contributed by atoms with Crippen LogP contribution in [0.15, 0.2) is 18.3 Å². The maximum atomic E-state index is 12.5. The molecule has 1 aliphatic heterocycles. The highest BCUT2D eigenvalue weighted by atomic mass is 19.4. The van der Waals surface area contributed by atoms with Crippen LogP contribution < -0.4 is 0 Å². The van der Waals surface area contributed by atoms with Crippen LogP contribution >= 0.6 is 0 Å². The van der Waals surface area contributed by atoms with Gasteiger partial charge in [-0.3, -0.25) is 4.79 Å². The molecule has 7 heteroatoms. The van der Waals surface area contributed by atoms with Crippen LogP contribution in [0.4, 0.5) is 13.2 Å². The number of aliphatic hydroxyl groups excluding tert-OH is 1. The molecule has 1 saturated heterocycles. The second-order valence-corrected chi connectivity index (χ2v) is 5.41. The Balaban J connectivity index is 2.08. The first kappa shape index (κ1) is 15.9. The van der Waals surface area contributed by atoms with Crippen LogP contribution in [0.5, 0.6) is 0 Å². The number of hydrogen-bond donors (Lipinski definition) is 1. The molecular weight excluding hydrogens is 285 g/mol. The van der Waals surface area contributed by atoms with Gasteiger partial charge in [-0.1, -0.05) is 0 Å². The summed E-state index contributed by atoms with van der Waals surface area (Å²) in [6, 6.07) is 2.87. The summed E-state index contributed by atoms with van der Waals surface area (Å²) in [5.41, 5.74) is 0.0666. The van der Waals surface area contributed by atoms with Crippen molar-refractivity contribution in [1.82, 2.24) is 9.47 Å². The Morgan fingerprint density at radius 1 is 1.43 bits per heavy atom. The molecule has 0 bridgehead atoms. The van der Waals surface area contributed by atoms with Gasteiger partial charge in [-0.15, -0.1) is 0 Å². The minimum Gasteiger partial charge on any atom is -0.396 e. The van der Waals surface area contributed by atoms with Crippen molar-refractivity contribution >= 4 is 5.91 Å². The zero-order valence-electron chi connectivity index (χ0n) is 11.6. The summed E-state index contributed by atoms with van der Waals surface area (Å²) in [5, 5.41) is 8.97. The van der Waals surface area contributed by atoms with Crippen molar-refractivity contribution in [3.63, 3.8) is 0 Å². The van der Waals surface area contributed by atoms with Crippen LogP contribution in [-0.4, -0.2) is 46.4 Å². The predicted molar refractivity (Wildman–Crippen MR) is 70.8 cm³/mol. The van der Waals surface area contributed by atoms with Crippen molar-refractivity contribution < 1.29 is 23.1 Å². The van der Waals surface area contributed by atoms with Crippen LogP contribution in [0.25, 0.3) is 0 Å². The highest BCUT2D eigenvalue weighted by molar-refractivity contribution is 5.92. The third-order valence-electron chi connectivity index (χ3n) is 3.74. The Bertz CT molecular complexity index is 483. The van der Waals surface area contributed by atoms with Gasteiger partial charge in [-0.25, -0.2) is 0 Å². The van der Waals surface area contributed by atoms with Crippen molar-refractivity contribution in [3.8, 4) is 0 Å². The molecule has 4 nitrogen and oxygen atoms in total. The van der Waals surface area contributed by atoms with Crippen LogP contribution in [0, 0.1) is 5.92 Å². The highest BCUT2D eigenvalue weighted by Crippen LogP contribution is 2.23. The van der Waals surface area contributed by atoms with Gasteiger partial charge in [0.25, 0.3) is 5.91 Å². The van der Waals surface area contributed by atoms with E-state index in [4.69, 9.17) is 5.11 Å². The van der Waals surface area contributed by atoms with Crippen molar-refractivity contribution in [2.24, 2.45) is 5.92 Å². The van der Waals surface area contributed by atoms with Crippen molar-refractivity contribution in [1.29, 1.82) is 0 Å². The molecule has 1 aliphatic rings. The van der Waals surface area contributed by atoms with E-state index in [0.29, 0.717) is 19.5 Å². The topological polar surface area (TPSA) is 45.5 Å². The molecule has 2 rings (SSSR count). The summed E-state index contributed by atoms with van der Waals surface area (Å²) in [4.78, 5) is 14.0. The summed E-state index contributed by atoms with van der Waals surface area (Å²) >= 11 is 0. The van der Waals surface area contributed by atoms with Crippen LogP contribution in [0.2, 0.25) is 0 Å². The summed E-state index contributed by atoms with van der Waals surface area (Å²) in [5.74, 6) is -0.148. The summed E-state index contributed by atoms with van der Waals surface area (Å²) in [6.45, 7) is -0.0410. The van der Waals surface area contributed by atoms with E-state index in [1.165, 1.54) is 18.3 Å². The molecule has 1 aromatic rings. The average Bonchev–Trinajstić information content (AvgIpc) is 2.84. The maximum absolute atomic E-state index is 12.5. The minimum absolute atomic E-state index is 0.0666. The van der Waals surface area contributed by atoms with E-state index in [9.17, 15) is 18.0 Å². The average molecular weight is 304 g/mol. The Morgan fingerprint density at radius 2 is 2.19 bits per heavy atom. The van der Waals surface area contributed by atoms with Gasteiger partial charge < -0.3 is 14.6 Å². The van der Waals surface area contributed by atoms with E-state index < -0.39 is 12.7 Å². The Kier molecular flexibility index (Phi) is 4.92. The fourth-order valence-corrected chi connectivity index (χ4v) is 2.77. The first-order valence-electron chi connectivity index (χ1n) is 7.03. The first-order valence-corrected chi connectivity index (χ1v) is 7.03. The van der Waals surface area contributed by atoms with Gasteiger partial charge in [0.05, 0.1) is 0 Å². The number of hydrogen-bond acceptors (Lipinski definition) is 2. The van der Waals surface area contributed by atoms with E-state index in [-0.39, 0.29) is 24.1 Å². The molecule has 0 spiro atoms. The van der Waals surface area contributed by atoms with Gasteiger partial charge in [0.1, 0.15) is 12.2 Å². The second-order valence-electron chi connectivity index (χ2n) is 5.41. The van der Waals surface area contributed by atoms with Crippen molar-refractivity contribution in [2.45, 2.75) is 32.0 Å². The number of nitrogens with zero attached hydrogens (tertiary/aromatic N) is 2. The Hall–Kier alpha value is -1.50. The van der Waals surface area contributed by atoms with E-state index in [1.54, 1.807) is 4.90 Å². The lowest BCUT2D eigenvalue weighted by Gasteiger charge is -2.32.